The average Bonchev–Trinajstić information content (AvgIpc) is 3.05. The first-order chi connectivity index (χ1) is 12.9. The Labute approximate surface area is 166 Å². The van der Waals surface area contributed by atoms with E-state index in [0.717, 1.165) is 20.8 Å². The van der Waals surface area contributed by atoms with E-state index in [4.69, 9.17) is 11.6 Å². The van der Waals surface area contributed by atoms with Gasteiger partial charge in [-0.3, -0.25) is 4.72 Å². The molecule has 4 rings (SSSR count). The highest BCUT2D eigenvalue weighted by molar-refractivity contribution is 7.92. The Bertz CT molecular complexity index is 1220. The lowest BCUT2D eigenvalue weighted by Gasteiger charge is -2.08. The van der Waals surface area contributed by atoms with Crippen LogP contribution in [0.25, 0.3) is 20.8 Å². The van der Waals surface area contributed by atoms with Gasteiger partial charge in [0.05, 0.1) is 15.1 Å². The van der Waals surface area contributed by atoms with Gasteiger partial charge in [-0.1, -0.05) is 17.7 Å². The van der Waals surface area contributed by atoms with Crippen LogP contribution >= 0.6 is 22.9 Å². The van der Waals surface area contributed by atoms with Crippen molar-refractivity contribution in [3.63, 3.8) is 0 Å². The van der Waals surface area contributed by atoms with Crippen molar-refractivity contribution in [1.82, 2.24) is 4.98 Å². The van der Waals surface area contributed by atoms with Crippen molar-refractivity contribution in [2.45, 2.75) is 11.8 Å². The first-order valence-corrected chi connectivity index (χ1v) is 10.8. The van der Waals surface area contributed by atoms with Crippen LogP contribution in [0.15, 0.2) is 71.6 Å². The van der Waals surface area contributed by atoms with Crippen LogP contribution in [0.3, 0.4) is 0 Å². The second-order valence-electron chi connectivity index (χ2n) is 6.13. The van der Waals surface area contributed by atoms with Crippen LogP contribution in [0.4, 0.5) is 5.69 Å². The van der Waals surface area contributed by atoms with E-state index in [2.05, 4.69) is 27.9 Å². The Morgan fingerprint density at radius 3 is 2.37 bits per heavy atom. The molecule has 0 aliphatic rings. The van der Waals surface area contributed by atoms with Crippen LogP contribution in [0.1, 0.15) is 5.56 Å². The zero-order valence-corrected chi connectivity index (χ0v) is 16.7. The molecule has 0 aliphatic heterocycles. The van der Waals surface area contributed by atoms with Crippen molar-refractivity contribution in [3.05, 3.63) is 77.3 Å². The number of halogens is 1. The first kappa shape index (κ1) is 18.0. The van der Waals surface area contributed by atoms with Crippen molar-refractivity contribution < 1.29 is 8.42 Å². The monoisotopic (exact) mass is 414 g/mol. The summed E-state index contributed by atoms with van der Waals surface area (Å²) in [7, 11) is -3.65. The summed E-state index contributed by atoms with van der Waals surface area (Å²) >= 11 is 7.43. The quantitative estimate of drug-likeness (QED) is 0.464. The van der Waals surface area contributed by atoms with Crippen molar-refractivity contribution in [1.29, 1.82) is 0 Å². The number of hydrogen-bond acceptors (Lipinski definition) is 4. The van der Waals surface area contributed by atoms with E-state index < -0.39 is 10.0 Å². The standard InChI is InChI=1S/C20H15ClN2O2S2/c1-13-2-11-19-18(12-13)22-20(26-19)14-3-7-16(8-4-14)23-27(24,25)17-9-5-15(21)6-10-17/h2-12,23H,1H3. The van der Waals surface area contributed by atoms with Gasteiger partial charge in [-0.15, -0.1) is 11.3 Å². The van der Waals surface area contributed by atoms with Crippen LogP contribution in [0.5, 0.6) is 0 Å². The lowest BCUT2D eigenvalue weighted by molar-refractivity contribution is 0.601. The van der Waals surface area contributed by atoms with Crippen molar-refractivity contribution in [2.75, 3.05) is 4.72 Å². The molecule has 0 aliphatic carbocycles. The fraction of sp³-hybridized carbons (Fsp3) is 0.0500. The maximum atomic E-state index is 12.5. The molecule has 3 aromatic carbocycles. The lowest BCUT2D eigenvalue weighted by Crippen LogP contribution is -2.12. The van der Waals surface area contributed by atoms with Crippen LogP contribution in [0.2, 0.25) is 5.02 Å². The molecule has 0 spiro atoms. The maximum absolute atomic E-state index is 12.5. The predicted octanol–water partition coefficient (Wildman–Crippen LogP) is 5.73. The number of sulfonamides is 1. The number of fused-ring (bicyclic) bond motifs is 1. The van der Waals surface area contributed by atoms with Gasteiger partial charge in [-0.05, 0) is 73.2 Å². The van der Waals surface area contributed by atoms with Gasteiger partial charge < -0.3 is 0 Å². The molecule has 0 atom stereocenters. The number of rotatable bonds is 4. The van der Waals surface area contributed by atoms with E-state index in [9.17, 15) is 8.42 Å². The van der Waals surface area contributed by atoms with Gasteiger partial charge in [0.25, 0.3) is 10.0 Å². The van der Waals surface area contributed by atoms with E-state index in [1.54, 1.807) is 35.6 Å². The van der Waals surface area contributed by atoms with Crippen molar-refractivity contribution >= 4 is 48.9 Å². The molecule has 0 saturated heterocycles. The predicted molar refractivity (Wildman–Crippen MR) is 112 cm³/mol. The summed E-state index contributed by atoms with van der Waals surface area (Å²) in [5, 5.41) is 1.40. The number of benzene rings is 3. The van der Waals surface area contributed by atoms with Gasteiger partial charge in [-0.25, -0.2) is 13.4 Å². The molecule has 0 fully saturated rings. The van der Waals surface area contributed by atoms with Gasteiger partial charge in [-0.2, -0.15) is 0 Å². The number of nitrogens with zero attached hydrogens (tertiary/aromatic N) is 1. The zero-order chi connectivity index (χ0) is 19.0. The fourth-order valence-electron chi connectivity index (χ4n) is 2.67. The van der Waals surface area contributed by atoms with Crippen LogP contribution in [0, 0.1) is 6.92 Å². The zero-order valence-electron chi connectivity index (χ0n) is 14.3. The molecule has 0 radical (unpaired) electrons. The molecular formula is C20H15ClN2O2S2. The number of nitrogens with one attached hydrogen (secondary N) is 1. The van der Waals surface area contributed by atoms with Gasteiger partial charge in [0, 0.05) is 16.3 Å². The summed E-state index contributed by atoms with van der Waals surface area (Å²) < 4.78 is 28.6. The minimum atomic E-state index is -3.65. The Hall–Kier alpha value is -2.41. The van der Waals surface area contributed by atoms with Gasteiger partial charge in [0.2, 0.25) is 0 Å². The van der Waals surface area contributed by atoms with E-state index in [1.165, 1.54) is 17.7 Å². The molecule has 0 bridgehead atoms. The minimum absolute atomic E-state index is 0.164. The molecule has 7 heteroatoms. The van der Waals surface area contributed by atoms with E-state index >= 15 is 0 Å². The Balaban J connectivity index is 1.58. The molecule has 0 amide bonds. The third-order valence-corrected chi connectivity index (χ3v) is 6.79. The molecule has 1 N–H and O–H groups in total. The number of anilines is 1. The minimum Gasteiger partial charge on any atom is -0.280 e. The van der Waals surface area contributed by atoms with Crippen LogP contribution in [-0.4, -0.2) is 13.4 Å². The third-order valence-electron chi connectivity index (χ3n) is 4.05. The number of thiazole rings is 1. The lowest BCUT2D eigenvalue weighted by atomic mass is 10.2. The van der Waals surface area contributed by atoms with Crippen molar-refractivity contribution in [3.8, 4) is 10.6 Å². The van der Waals surface area contributed by atoms with E-state index in [1.807, 2.05) is 19.1 Å². The smallest absolute Gasteiger partial charge is 0.261 e. The van der Waals surface area contributed by atoms with E-state index in [0.29, 0.717) is 10.7 Å². The summed E-state index contributed by atoms with van der Waals surface area (Å²) in [6, 6.07) is 19.4. The Morgan fingerprint density at radius 1 is 0.963 bits per heavy atom. The molecule has 1 aromatic heterocycles. The Kier molecular flexibility index (Phi) is 4.63. The highest BCUT2D eigenvalue weighted by atomic mass is 35.5. The summed E-state index contributed by atoms with van der Waals surface area (Å²) in [6.45, 7) is 2.04. The number of aromatic nitrogens is 1. The normalized spacial score (nSPS) is 11.6. The molecular weight excluding hydrogens is 400 g/mol. The summed E-state index contributed by atoms with van der Waals surface area (Å²) in [6.07, 6.45) is 0. The molecule has 4 aromatic rings. The van der Waals surface area contributed by atoms with Gasteiger partial charge in [0.1, 0.15) is 5.01 Å². The van der Waals surface area contributed by atoms with Crippen LogP contribution < -0.4 is 4.72 Å². The summed E-state index contributed by atoms with van der Waals surface area (Å²) in [5.41, 5.74) is 3.59. The largest absolute Gasteiger partial charge is 0.280 e. The molecule has 27 heavy (non-hydrogen) atoms. The Morgan fingerprint density at radius 2 is 1.67 bits per heavy atom. The summed E-state index contributed by atoms with van der Waals surface area (Å²) in [5.74, 6) is 0. The second kappa shape index (κ2) is 6.96. The highest BCUT2D eigenvalue weighted by Crippen LogP contribution is 2.31. The van der Waals surface area contributed by atoms with Crippen molar-refractivity contribution in [2.24, 2.45) is 0 Å². The average molecular weight is 415 g/mol. The number of aryl methyl sites for hydroxylation is 1. The second-order valence-corrected chi connectivity index (χ2v) is 9.28. The number of hydrogen-bond donors (Lipinski definition) is 1. The molecule has 0 unspecified atom stereocenters. The topological polar surface area (TPSA) is 59.1 Å². The maximum Gasteiger partial charge on any atom is 0.261 e. The molecule has 1 heterocycles. The SMILES string of the molecule is Cc1ccc2sc(-c3ccc(NS(=O)(=O)c4ccc(Cl)cc4)cc3)nc2c1. The van der Waals surface area contributed by atoms with Crippen LogP contribution in [-0.2, 0) is 10.0 Å². The fourth-order valence-corrected chi connectivity index (χ4v) is 4.81. The van der Waals surface area contributed by atoms with Gasteiger partial charge >= 0.3 is 0 Å². The van der Waals surface area contributed by atoms with E-state index in [-0.39, 0.29) is 4.90 Å². The highest BCUT2D eigenvalue weighted by Gasteiger charge is 2.14. The first-order valence-electron chi connectivity index (χ1n) is 8.17. The van der Waals surface area contributed by atoms with Gasteiger partial charge in [0.15, 0.2) is 0 Å². The molecule has 0 saturated carbocycles. The molecule has 136 valence electrons. The summed E-state index contributed by atoms with van der Waals surface area (Å²) in [4.78, 5) is 4.84. The third kappa shape index (κ3) is 3.83. The molecule has 4 nitrogen and oxygen atoms in total.